The van der Waals surface area contributed by atoms with E-state index in [0.29, 0.717) is 2.88 Å². The predicted octanol–water partition coefficient (Wildman–Crippen LogP) is 2.10. The third-order valence-electron chi connectivity index (χ3n) is 0.762. The van der Waals surface area contributed by atoms with Crippen LogP contribution in [0, 0.1) is 2.88 Å². The monoisotopic (exact) mass is 289 g/mol. The Hall–Kier alpha value is 0.120. The van der Waals surface area contributed by atoms with E-state index in [2.05, 4.69) is 4.98 Å². The highest BCUT2D eigenvalue weighted by Gasteiger charge is 2.13. The lowest BCUT2D eigenvalue weighted by molar-refractivity contribution is 0.0690. The Kier molecular flexibility index (Phi) is 2.48. The summed E-state index contributed by atoms with van der Waals surface area (Å²) in [6.45, 7) is 0. The molecular formula is C4HClINO2S. The normalized spacial score (nSPS) is 9.80. The Morgan fingerprint density at radius 1 is 1.80 bits per heavy atom. The lowest BCUT2D eigenvalue weighted by atomic mass is 10.5. The fourth-order valence-corrected chi connectivity index (χ4v) is 2.61. The SMILES string of the molecule is O=C(O)c1nc(Cl)sc1I. The molecule has 0 fully saturated rings. The van der Waals surface area contributed by atoms with Gasteiger partial charge in [-0.3, -0.25) is 0 Å². The van der Waals surface area contributed by atoms with E-state index < -0.39 is 5.97 Å². The number of thiazole rings is 1. The Morgan fingerprint density at radius 3 is 2.60 bits per heavy atom. The number of nitrogens with zero attached hydrogens (tertiary/aromatic N) is 1. The van der Waals surface area contributed by atoms with Gasteiger partial charge in [-0.1, -0.05) is 22.9 Å². The summed E-state index contributed by atoms with van der Waals surface area (Å²) < 4.78 is 0.872. The number of aromatic carboxylic acids is 1. The van der Waals surface area contributed by atoms with Crippen molar-refractivity contribution in [3.05, 3.63) is 13.0 Å². The van der Waals surface area contributed by atoms with E-state index in [1.54, 1.807) is 0 Å². The molecular weight excluding hydrogens is 288 g/mol. The second kappa shape index (κ2) is 3.02. The second-order valence-electron chi connectivity index (χ2n) is 1.39. The van der Waals surface area contributed by atoms with Crippen LogP contribution in [0.3, 0.4) is 0 Å². The van der Waals surface area contributed by atoms with E-state index >= 15 is 0 Å². The highest BCUT2D eigenvalue weighted by Crippen LogP contribution is 2.23. The number of aromatic nitrogens is 1. The molecule has 54 valence electrons. The van der Waals surface area contributed by atoms with Crippen LogP contribution in [-0.2, 0) is 0 Å². The van der Waals surface area contributed by atoms with Crippen LogP contribution in [0.2, 0.25) is 4.47 Å². The van der Waals surface area contributed by atoms with Gasteiger partial charge in [0.15, 0.2) is 10.2 Å². The molecule has 1 heterocycles. The maximum Gasteiger partial charge on any atom is 0.356 e. The van der Waals surface area contributed by atoms with Gasteiger partial charge in [0.25, 0.3) is 0 Å². The van der Waals surface area contributed by atoms with Crippen molar-refractivity contribution in [3.8, 4) is 0 Å². The van der Waals surface area contributed by atoms with Gasteiger partial charge in [-0.2, -0.15) is 0 Å². The molecule has 0 aliphatic heterocycles. The van der Waals surface area contributed by atoms with Crippen LogP contribution in [-0.4, -0.2) is 16.1 Å². The molecule has 0 atom stereocenters. The van der Waals surface area contributed by atoms with E-state index in [-0.39, 0.29) is 10.2 Å². The molecule has 0 saturated heterocycles. The standard InChI is InChI=1S/C4HClINO2S/c5-4-7-1(3(8)9)2(6)10-4/h(H,8,9). The van der Waals surface area contributed by atoms with Crippen LogP contribution in [0.25, 0.3) is 0 Å². The third-order valence-corrected chi connectivity index (χ3v) is 2.88. The zero-order valence-electron chi connectivity index (χ0n) is 4.47. The van der Waals surface area contributed by atoms with Crippen molar-refractivity contribution in [2.75, 3.05) is 0 Å². The van der Waals surface area contributed by atoms with Crippen LogP contribution in [0.1, 0.15) is 10.5 Å². The van der Waals surface area contributed by atoms with Crippen LogP contribution >= 0.6 is 45.5 Å². The molecule has 0 bridgehead atoms. The zero-order valence-corrected chi connectivity index (χ0v) is 8.20. The largest absolute Gasteiger partial charge is 0.476 e. The maximum atomic E-state index is 10.3. The number of rotatable bonds is 1. The Bertz CT molecular complexity index is 274. The minimum absolute atomic E-state index is 0.0376. The molecule has 0 aromatic carbocycles. The summed E-state index contributed by atoms with van der Waals surface area (Å²) >= 11 is 8.49. The van der Waals surface area contributed by atoms with Crippen molar-refractivity contribution in [1.29, 1.82) is 0 Å². The van der Waals surface area contributed by atoms with Crippen molar-refractivity contribution >= 4 is 51.5 Å². The molecule has 0 saturated carbocycles. The lowest BCUT2D eigenvalue weighted by Crippen LogP contribution is -1.97. The first-order valence-corrected chi connectivity index (χ1v) is 4.43. The molecule has 1 aromatic heterocycles. The maximum absolute atomic E-state index is 10.3. The Labute approximate surface area is 79.2 Å². The lowest BCUT2D eigenvalue weighted by Gasteiger charge is -1.82. The number of carboxylic acids is 1. The number of carboxylic acid groups (broad SMARTS) is 1. The fraction of sp³-hybridized carbons (Fsp3) is 0. The van der Waals surface area contributed by atoms with Crippen LogP contribution in [0.4, 0.5) is 0 Å². The smallest absolute Gasteiger partial charge is 0.356 e. The first-order chi connectivity index (χ1) is 4.61. The number of hydrogen-bond acceptors (Lipinski definition) is 3. The second-order valence-corrected chi connectivity index (χ2v) is 4.79. The average Bonchev–Trinajstić information content (AvgIpc) is 2.10. The molecule has 0 aliphatic carbocycles. The molecule has 0 radical (unpaired) electrons. The average molecular weight is 289 g/mol. The quantitative estimate of drug-likeness (QED) is 0.806. The topological polar surface area (TPSA) is 50.2 Å². The van der Waals surface area contributed by atoms with Gasteiger partial charge >= 0.3 is 5.97 Å². The minimum atomic E-state index is -1.03. The minimum Gasteiger partial charge on any atom is -0.476 e. The molecule has 1 rings (SSSR count). The summed E-state index contributed by atoms with van der Waals surface area (Å²) in [6.07, 6.45) is 0. The van der Waals surface area contributed by atoms with Crippen molar-refractivity contribution in [2.45, 2.75) is 0 Å². The molecule has 1 N–H and O–H groups in total. The van der Waals surface area contributed by atoms with E-state index in [4.69, 9.17) is 16.7 Å². The summed E-state index contributed by atoms with van der Waals surface area (Å²) in [6, 6.07) is 0. The van der Waals surface area contributed by atoms with E-state index in [0.717, 1.165) is 11.3 Å². The predicted molar refractivity (Wildman–Crippen MR) is 46.8 cm³/mol. The Balaban J connectivity index is 3.15. The van der Waals surface area contributed by atoms with Crippen molar-refractivity contribution in [1.82, 2.24) is 4.98 Å². The zero-order chi connectivity index (χ0) is 7.72. The summed E-state index contributed by atoms with van der Waals surface area (Å²) in [7, 11) is 0. The van der Waals surface area contributed by atoms with Crippen LogP contribution in [0.5, 0.6) is 0 Å². The van der Waals surface area contributed by atoms with Gasteiger partial charge in [0.05, 0.1) is 0 Å². The molecule has 0 unspecified atom stereocenters. The van der Waals surface area contributed by atoms with Gasteiger partial charge in [-0.15, -0.1) is 0 Å². The van der Waals surface area contributed by atoms with Crippen molar-refractivity contribution < 1.29 is 9.90 Å². The molecule has 0 amide bonds. The van der Waals surface area contributed by atoms with Crippen LogP contribution < -0.4 is 0 Å². The number of carbonyl (C=O) groups is 1. The van der Waals surface area contributed by atoms with Gasteiger partial charge in [0.2, 0.25) is 0 Å². The van der Waals surface area contributed by atoms with Crippen molar-refractivity contribution in [3.63, 3.8) is 0 Å². The van der Waals surface area contributed by atoms with Gasteiger partial charge in [-0.05, 0) is 22.6 Å². The molecule has 6 heteroatoms. The molecule has 10 heavy (non-hydrogen) atoms. The van der Waals surface area contributed by atoms with E-state index in [1.807, 2.05) is 22.6 Å². The Morgan fingerprint density at radius 2 is 2.40 bits per heavy atom. The van der Waals surface area contributed by atoms with Gasteiger partial charge < -0.3 is 5.11 Å². The third kappa shape index (κ3) is 1.58. The summed E-state index contributed by atoms with van der Waals surface area (Å²) in [5.41, 5.74) is 0.0376. The highest BCUT2D eigenvalue weighted by molar-refractivity contribution is 14.1. The summed E-state index contributed by atoms with van der Waals surface area (Å²) in [4.78, 5) is 13.9. The van der Waals surface area contributed by atoms with E-state index in [9.17, 15) is 4.79 Å². The van der Waals surface area contributed by atoms with Gasteiger partial charge in [0, 0.05) is 0 Å². The van der Waals surface area contributed by atoms with Crippen molar-refractivity contribution in [2.24, 2.45) is 0 Å². The molecule has 0 spiro atoms. The first kappa shape index (κ1) is 8.22. The first-order valence-electron chi connectivity index (χ1n) is 2.16. The van der Waals surface area contributed by atoms with E-state index in [1.165, 1.54) is 0 Å². The number of hydrogen-bond donors (Lipinski definition) is 1. The highest BCUT2D eigenvalue weighted by atomic mass is 127. The molecule has 0 aliphatic rings. The summed E-state index contributed by atoms with van der Waals surface area (Å²) in [5, 5.41) is 8.46. The summed E-state index contributed by atoms with van der Waals surface area (Å²) in [5.74, 6) is -1.03. The fourth-order valence-electron chi connectivity index (χ4n) is 0.409. The van der Waals surface area contributed by atoms with Gasteiger partial charge in [-0.25, -0.2) is 9.78 Å². The molecule has 1 aromatic rings. The number of halogens is 2. The van der Waals surface area contributed by atoms with Gasteiger partial charge in [0.1, 0.15) is 2.88 Å². The van der Waals surface area contributed by atoms with Crippen LogP contribution in [0.15, 0.2) is 0 Å². The molecule has 3 nitrogen and oxygen atoms in total.